The van der Waals surface area contributed by atoms with Crippen LogP contribution in [0.15, 0.2) is 66.4 Å². The van der Waals surface area contributed by atoms with Crippen molar-refractivity contribution in [3.63, 3.8) is 0 Å². The molecule has 1 aliphatic carbocycles. The number of fused-ring (bicyclic) bond motifs is 1. The van der Waals surface area contributed by atoms with Crippen LogP contribution in [0.25, 0.3) is 17.2 Å². The Hall–Kier alpha value is -3.60. The first kappa shape index (κ1) is 19.7. The lowest BCUT2D eigenvalue weighted by Gasteiger charge is -2.08. The van der Waals surface area contributed by atoms with E-state index in [0.29, 0.717) is 12.4 Å². The molecule has 4 nitrogen and oxygen atoms in total. The van der Waals surface area contributed by atoms with E-state index < -0.39 is 0 Å². The average Bonchev–Trinajstić information content (AvgIpc) is 2.98. The van der Waals surface area contributed by atoms with Gasteiger partial charge in [-0.05, 0) is 71.5 Å². The van der Waals surface area contributed by atoms with E-state index in [2.05, 4.69) is 15.3 Å². The van der Waals surface area contributed by atoms with Gasteiger partial charge in [0.2, 0.25) is 5.91 Å². The predicted octanol–water partition coefficient (Wildman–Crippen LogP) is 4.96. The third kappa shape index (κ3) is 4.20. The van der Waals surface area contributed by atoms with Crippen LogP contribution in [0.4, 0.5) is 4.39 Å². The van der Waals surface area contributed by atoms with Gasteiger partial charge in [0.05, 0.1) is 12.1 Å². The highest BCUT2D eigenvalue weighted by atomic mass is 19.1. The Balaban J connectivity index is 1.63. The molecule has 0 atom stereocenters. The van der Waals surface area contributed by atoms with Crippen molar-refractivity contribution in [1.82, 2.24) is 15.3 Å². The number of allylic oxidation sites excluding steroid dienone is 2. The number of hydrogen-bond donors (Lipinski definition) is 1. The number of amides is 1. The predicted molar refractivity (Wildman–Crippen MR) is 117 cm³/mol. The number of nitrogens with zero attached hydrogens (tertiary/aromatic N) is 2. The van der Waals surface area contributed by atoms with Crippen LogP contribution in [0.1, 0.15) is 41.6 Å². The maximum atomic E-state index is 14.0. The highest BCUT2D eigenvalue weighted by Crippen LogP contribution is 2.43. The second kappa shape index (κ2) is 8.41. The molecule has 0 radical (unpaired) electrons. The zero-order valence-corrected chi connectivity index (χ0v) is 16.9. The molecule has 1 aliphatic rings. The number of halogens is 1. The summed E-state index contributed by atoms with van der Waals surface area (Å²) in [4.78, 5) is 21.2. The summed E-state index contributed by atoms with van der Waals surface area (Å²) in [5.41, 5.74) is 6.24. The van der Waals surface area contributed by atoms with Crippen LogP contribution in [0.2, 0.25) is 0 Å². The first-order valence-electron chi connectivity index (χ1n) is 9.83. The standard InChI is InChI=1S/C25H22FN3O/c1-16-22(13-20-10-11-27-17(2)29-20)21-9-8-19(26)12-24(21)23(16)14-25(30)28-15-18-6-4-3-5-7-18/h3-13H,14-15H2,1-2H3,(H,28,30)/b22-13-. The number of carbonyl (C=O) groups excluding carboxylic acids is 1. The zero-order valence-electron chi connectivity index (χ0n) is 16.9. The molecule has 30 heavy (non-hydrogen) atoms. The fourth-order valence-electron chi connectivity index (χ4n) is 3.70. The lowest BCUT2D eigenvalue weighted by molar-refractivity contribution is -0.120. The summed E-state index contributed by atoms with van der Waals surface area (Å²) in [5, 5.41) is 2.96. The summed E-state index contributed by atoms with van der Waals surface area (Å²) in [6, 6.07) is 16.3. The molecule has 2 aromatic carbocycles. The van der Waals surface area contributed by atoms with Crippen molar-refractivity contribution in [1.29, 1.82) is 0 Å². The van der Waals surface area contributed by atoms with Gasteiger partial charge >= 0.3 is 0 Å². The summed E-state index contributed by atoms with van der Waals surface area (Å²) in [6.07, 6.45) is 3.87. The van der Waals surface area contributed by atoms with E-state index in [1.807, 2.05) is 56.3 Å². The van der Waals surface area contributed by atoms with Crippen molar-refractivity contribution in [3.05, 3.63) is 100 Å². The number of benzene rings is 2. The Morgan fingerprint density at radius 3 is 2.63 bits per heavy atom. The lowest BCUT2D eigenvalue weighted by Crippen LogP contribution is -2.22. The van der Waals surface area contributed by atoms with Crippen LogP contribution in [-0.4, -0.2) is 15.9 Å². The Morgan fingerprint density at radius 1 is 1.07 bits per heavy atom. The smallest absolute Gasteiger partial charge is 0.224 e. The Bertz CT molecular complexity index is 1170. The van der Waals surface area contributed by atoms with Crippen LogP contribution in [-0.2, 0) is 11.3 Å². The second-order valence-electron chi connectivity index (χ2n) is 7.32. The van der Waals surface area contributed by atoms with E-state index >= 15 is 0 Å². The van der Waals surface area contributed by atoms with Gasteiger partial charge in [-0.15, -0.1) is 0 Å². The largest absolute Gasteiger partial charge is 0.352 e. The Labute approximate surface area is 175 Å². The highest BCUT2D eigenvalue weighted by molar-refractivity contribution is 6.08. The summed E-state index contributed by atoms with van der Waals surface area (Å²) >= 11 is 0. The van der Waals surface area contributed by atoms with Crippen LogP contribution < -0.4 is 5.32 Å². The molecule has 1 amide bonds. The molecule has 0 unspecified atom stereocenters. The van der Waals surface area contributed by atoms with Gasteiger partial charge < -0.3 is 5.32 Å². The quantitative estimate of drug-likeness (QED) is 0.660. The molecule has 0 fully saturated rings. The lowest BCUT2D eigenvalue weighted by atomic mass is 10.0. The summed E-state index contributed by atoms with van der Waals surface area (Å²) < 4.78 is 14.0. The van der Waals surface area contributed by atoms with Crippen LogP contribution in [0, 0.1) is 12.7 Å². The molecule has 3 aromatic rings. The summed E-state index contributed by atoms with van der Waals surface area (Å²) in [7, 11) is 0. The third-order valence-electron chi connectivity index (χ3n) is 5.21. The van der Waals surface area contributed by atoms with E-state index in [4.69, 9.17) is 0 Å². The normalized spacial score (nSPS) is 14.2. The zero-order chi connectivity index (χ0) is 21.1. The number of hydrogen-bond acceptors (Lipinski definition) is 3. The van der Waals surface area contributed by atoms with E-state index in [1.165, 1.54) is 12.1 Å². The Morgan fingerprint density at radius 2 is 1.87 bits per heavy atom. The first-order valence-corrected chi connectivity index (χ1v) is 9.83. The van der Waals surface area contributed by atoms with Gasteiger partial charge in [-0.3, -0.25) is 4.79 Å². The minimum atomic E-state index is -0.317. The molecule has 0 bridgehead atoms. The monoisotopic (exact) mass is 399 g/mol. The topological polar surface area (TPSA) is 54.9 Å². The average molecular weight is 399 g/mol. The molecule has 5 heteroatoms. The van der Waals surface area contributed by atoms with Crippen molar-refractivity contribution in [3.8, 4) is 0 Å². The van der Waals surface area contributed by atoms with Crippen molar-refractivity contribution in [2.45, 2.75) is 26.8 Å². The summed E-state index contributed by atoms with van der Waals surface area (Å²) in [5.74, 6) is 0.272. The first-order chi connectivity index (χ1) is 14.5. The van der Waals surface area contributed by atoms with Gasteiger partial charge in [-0.1, -0.05) is 36.4 Å². The van der Waals surface area contributed by atoms with E-state index in [1.54, 1.807) is 12.3 Å². The fourth-order valence-corrected chi connectivity index (χ4v) is 3.70. The van der Waals surface area contributed by atoms with E-state index in [9.17, 15) is 9.18 Å². The molecule has 1 heterocycles. The molecule has 0 spiro atoms. The molecule has 0 saturated heterocycles. The molecular formula is C25H22FN3O. The molecule has 4 rings (SSSR count). The maximum Gasteiger partial charge on any atom is 0.224 e. The minimum Gasteiger partial charge on any atom is -0.352 e. The second-order valence-corrected chi connectivity index (χ2v) is 7.32. The van der Waals surface area contributed by atoms with Gasteiger partial charge in [-0.25, -0.2) is 14.4 Å². The van der Waals surface area contributed by atoms with Gasteiger partial charge in [-0.2, -0.15) is 0 Å². The number of carbonyl (C=O) groups is 1. The van der Waals surface area contributed by atoms with Gasteiger partial charge in [0.1, 0.15) is 11.6 Å². The Kier molecular flexibility index (Phi) is 5.53. The van der Waals surface area contributed by atoms with Gasteiger partial charge in [0.25, 0.3) is 0 Å². The molecule has 1 N–H and O–H groups in total. The number of rotatable bonds is 5. The number of aromatic nitrogens is 2. The van der Waals surface area contributed by atoms with Crippen molar-refractivity contribution in [2.75, 3.05) is 0 Å². The SMILES string of the molecule is CC1=C(CC(=O)NCc2ccccc2)c2cc(F)ccc2/C1=C\c1ccnc(C)n1. The fraction of sp³-hybridized carbons (Fsp3) is 0.160. The number of aryl methyl sites for hydroxylation is 1. The molecule has 0 saturated carbocycles. The van der Waals surface area contributed by atoms with Crippen molar-refractivity contribution < 1.29 is 9.18 Å². The minimum absolute atomic E-state index is 0.0949. The molecule has 0 aliphatic heterocycles. The molecular weight excluding hydrogens is 377 g/mol. The molecule has 1 aromatic heterocycles. The van der Waals surface area contributed by atoms with Gasteiger partial charge in [0.15, 0.2) is 0 Å². The van der Waals surface area contributed by atoms with E-state index in [-0.39, 0.29) is 18.1 Å². The third-order valence-corrected chi connectivity index (χ3v) is 5.21. The van der Waals surface area contributed by atoms with Crippen LogP contribution in [0.3, 0.4) is 0 Å². The van der Waals surface area contributed by atoms with E-state index in [0.717, 1.165) is 39.1 Å². The highest BCUT2D eigenvalue weighted by Gasteiger charge is 2.25. The van der Waals surface area contributed by atoms with Gasteiger partial charge in [0, 0.05) is 12.7 Å². The number of nitrogens with one attached hydrogen (secondary N) is 1. The van der Waals surface area contributed by atoms with Crippen LogP contribution >= 0.6 is 0 Å². The van der Waals surface area contributed by atoms with Crippen LogP contribution in [0.5, 0.6) is 0 Å². The summed E-state index contributed by atoms with van der Waals surface area (Å²) in [6.45, 7) is 4.27. The van der Waals surface area contributed by atoms with Crippen molar-refractivity contribution >= 4 is 23.1 Å². The van der Waals surface area contributed by atoms with Crippen molar-refractivity contribution in [2.24, 2.45) is 0 Å². The maximum absolute atomic E-state index is 14.0. The molecule has 150 valence electrons.